The lowest BCUT2D eigenvalue weighted by molar-refractivity contribution is 0.950. The second-order valence-corrected chi connectivity index (χ2v) is 6.12. The van der Waals surface area contributed by atoms with Crippen LogP contribution in [0.15, 0.2) is 72.8 Å². The van der Waals surface area contributed by atoms with E-state index in [1.807, 2.05) is 0 Å². The van der Waals surface area contributed by atoms with Crippen molar-refractivity contribution in [3.8, 4) is 11.1 Å². The van der Waals surface area contributed by atoms with Crippen molar-refractivity contribution < 1.29 is 0 Å². The molecule has 0 fully saturated rings. The third kappa shape index (κ3) is 2.36. The fourth-order valence-corrected chi connectivity index (χ4v) is 3.32. The second-order valence-electron chi connectivity index (χ2n) is 6.12. The van der Waals surface area contributed by atoms with Crippen LogP contribution in [-0.2, 0) is 0 Å². The Morgan fingerprint density at radius 3 is 2.13 bits per heavy atom. The molecule has 23 heavy (non-hydrogen) atoms. The van der Waals surface area contributed by atoms with Gasteiger partial charge in [0.25, 0.3) is 0 Å². The van der Waals surface area contributed by atoms with Gasteiger partial charge in [0.05, 0.1) is 18.0 Å². The number of benzene rings is 3. The molecule has 1 aliphatic heterocycles. The Labute approximate surface area is 137 Å². The van der Waals surface area contributed by atoms with Gasteiger partial charge >= 0.3 is 0 Å². The number of anilines is 3. The van der Waals surface area contributed by atoms with E-state index >= 15 is 0 Å². The largest absolute Gasteiger partial charge is 0.355 e. The summed E-state index contributed by atoms with van der Waals surface area (Å²) in [4.78, 5) is 4.64. The first-order chi connectivity index (χ1) is 11.2. The number of fused-ring (bicyclic) bond motifs is 1. The molecule has 4 rings (SSSR count). The molecule has 0 amide bonds. The molecule has 3 aromatic rings. The fraction of sp³-hybridized carbons (Fsp3) is 0.143. The summed E-state index contributed by atoms with van der Waals surface area (Å²) in [5, 5.41) is 0. The van der Waals surface area contributed by atoms with Gasteiger partial charge in [-0.3, -0.25) is 0 Å². The van der Waals surface area contributed by atoms with E-state index in [0.717, 1.165) is 6.67 Å². The van der Waals surface area contributed by atoms with Crippen LogP contribution < -0.4 is 9.80 Å². The monoisotopic (exact) mass is 300 g/mol. The molecule has 0 aromatic heterocycles. The molecular weight excluding hydrogens is 280 g/mol. The first kappa shape index (κ1) is 13.9. The number of aryl methyl sites for hydroxylation is 1. The van der Waals surface area contributed by atoms with Crippen molar-refractivity contribution in [2.75, 3.05) is 23.5 Å². The van der Waals surface area contributed by atoms with Crippen molar-refractivity contribution in [1.82, 2.24) is 0 Å². The molecule has 0 radical (unpaired) electrons. The predicted octanol–water partition coefficient (Wildman–Crippen LogP) is 5.21. The van der Waals surface area contributed by atoms with Gasteiger partial charge in [0.2, 0.25) is 0 Å². The van der Waals surface area contributed by atoms with Gasteiger partial charge in [-0.05, 0) is 47.9 Å². The van der Waals surface area contributed by atoms with Gasteiger partial charge in [-0.15, -0.1) is 0 Å². The summed E-state index contributed by atoms with van der Waals surface area (Å²) in [6.45, 7) is 3.05. The molecule has 2 nitrogen and oxygen atoms in total. The van der Waals surface area contributed by atoms with E-state index in [2.05, 4.69) is 96.6 Å². The molecule has 0 saturated heterocycles. The zero-order valence-corrected chi connectivity index (χ0v) is 13.5. The van der Waals surface area contributed by atoms with Crippen LogP contribution in [0.1, 0.15) is 5.56 Å². The summed E-state index contributed by atoms with van der Waals surface area (Å²) in [7, 11) is 2.14. The highest BCUT2D eigenvalue weighted by Gasteiger charge is 2.23. The Balaban J connectivity index is 1.69. The van der Waals surface area contributed by atoms with Crippen molar-refractivity contribution in [2.45, 2.75) is 6.92 Å². The first-order valence-electron chi connectivity index (χ1n) is 7.98. The van der Waals surface area contributed by atoms with Crippen molar-refractivity contribution in [2.24, 2.45) is 0 Å². The van der Waals surface area contributed by atoms with Gasteiger partial charge in [-0.1, -0.05) is 48.5 Å². The lowest BCUT2D eigenvalue weighted by atomic mass is 10.0. The van der Waals surface area contributed by atoms with Crippen molar-refractivity contribution >= 4 is 17.1 Å². The number of nitrogens with zero attached hydrogens (tertiary/aromatic N) is 2. The summed E-state index contributed by atoms with van der Waals surface area (Å²) < 4.78 is 0. The molecule has 114 valence electrons. The molecular formula is C21H20N2. The van der Waals surface area contributed by atoms with E-state index in [-0.39, 0.29) is 0 Å². The highest BCUT2D eigenvalue weighted by molar-refractivity contribution is 5.82. The van der Waals surface area contributed by atoms with E-state index < -0.39 is 0 Å². The Bertz CT molecular complexity index is 836. The van der Waals surface area contributed by atoms with Gasteiger partial charge in [-0.25, -0.2) is 0 Å². The average molecular weight is 300 g/mol. The van der Waals surface area contributed by atoms with Crippen molar-refractivity contribution in [1.29, 1.82) is 0 Å². The number of hydrogen-bond donors (Lipinski definition) is 0. The van der Waals surface area contributed by atoms with Crippen molar-refractivity contribution in [3.63, 3.8) is 0 Å². The van der Waals surface area contributed by atoms with Crippen LogP contribution in [0.2, 0.25) is 0 Å². The van der Waals surface area contributed by atoms with E-state index in [9.17, 15) is 0 Å². The summed E-state index contributed by atoms with van der Waals surface area (Å²) in [6.07, 6.45) is 0. The summed E-state index contributed by atoms with van der Waals surface area (Å²) in [5.74, 6) is 0. The smallest absolute Gasteiger partial charge is 0.0950 e. The SMILES string of the molecule is Cc1ccccc1-c1ccc(N2CN(C)c3ccccc32)cc1. The minimum Gasteiger partial charge on any atom is -0.355 e. The maximum absolute atomic E-state index is 2.36. The normalized spacial score (nSPS) is 13.3. The Morgan fingerprint density at radius 2 is 1.39 bits per heavy atom. The third-order valence-electron chi connectivity index (χ3n) is 4.57. The quantitative estimate of drug-likeness (QED) is 0.641. The molecule has 0 atom stereocenters. The maximum atomic E-state index is 2.36. The zero-order chi connectivity index (χ0) is 15.8. The number of rotatable bonds is 2. The number of hydrogen-bond acceptors (Lipinski definition) is 2. The molecule has 3 aromatic carbocycles. The Kier molecular flexibility index (Phi) is 3.30. The van der Waals surface area contributed by atoms with E-state index in [1.54, 1.807) is 0 Å². The van der Waals surface area contributed by atoms with E-state index in [0.29, 0.717) is 0 Å². The fourth-order valence-electron chi connectivity index (χ4n) is 3.32. The van der Waals surface area contributed by atoms with Crippen molar-refractivity contribution in [3.05, 3.63) is 78.4 Å². The van der Waals surface area contributed by atoms with Crippen LogP contribution in [0.4, 0.5) is 17.1 Å². The molecule has 1 aliphatic rings. The van der Waals surface area contributed by atoms with Crippen LogP contribution in [0.5, 0.6) is 0 Å². The molecule has 0 spiro atoms. The average Bonchev–Trinajstić information content (AvgIpc) is 2.93. The van der Waals surface area contributed by atoms with E-state index in [1.165, 1.54) is 33.8 Å². The summed E-state index contributed by atoms with van der Waals surface area (Å²) >= 11 is 0. The summed E-state index contributed by atoms with van der Waals surface area (Å²) in [5.41, 5.74) is 7.69. The van der Waals surface area contributed by atoms with Gasteiger partial charge in [-0.2, -0.15) is 0 Å². The minimum atomic E-state index is 0.892. The zero-order valence-electron chi connectivity index (χ0n) is 13.5. The molecule has 0 unspecified atom stereocenters. The highest BCUT2D eigenvalue weighted by atomic mass is 15.4. The molecule has 2 heteroatoms. The lowest BCUT2D eigenvalue weighted by Gasteiger charge is -2.20. The van der Waals surface area contributed by atoms with Crippen LogP contribution in [0.3, 0.4) is 0 Å². The van der Waals surface area contributed by atoms with Crippen LogP contribution in [-0.4, -0.2) is 13.7 Å². The Morgan fingerprint density at radius 1 is 0.739 bits per heavy atom. The Hall–Kier alpha value is -2.74. The maximum Gasteiger partial charge on any atom is 0.0950 e. The van der Waals surface area contributed by atoms with Crippen LogP contribution >= 0.6 is 0 Å². The molecule has 0 saturated carbocycles. The molecule has 1 heterocycles. The highest BCUT2D eigenvalue weighted by Crippen LogP contribution is 2.39. The first-order valence-corrected chi connectivity index (χ1v) is 7.98. The topological polar surface area (TPSA) is 6.48 Å². The summed E-state index contributed by atoms with van der Waals surface area (Å²) in [6, 6.07) is 26.0. The lowest BCUT2D eigenvalue weighted by Crippen LogP contribution is -2.23. The van der Waals surface area contributed by atoms with Crippen LogP contribution in [0, 0.1) is 6.92 Å². The van der Waals surface area contributed by atoms with Gasteiger partial charge in [0.15, 0.2) is 0 Å². The van der Waals surface area contributed by atoms with Gasteiger partial charge < -0.3 is 9.80 Å². The third-order valence-corrected chi connectivity index (χ3v) is 4.57. The van der Waals surface area contributed by atoms with Gasteiger partial charge in [0.1, 0.15) is 0 Å². The van der Waals surface area contributed by atoms with E-state index in [4.69, 9.17) is 0 Å². The van der Waals surface area contributed by atoms with Crippen LogP contribution in [0.25, 0.3) is 11.1 Å². The molecule has 0 bridgehead atoms. The van der Waals surface area contributed by atoms with Gasteiger partial charge in [0, 0.05) is 12.7 Å². The minimum absolute atomic E-state index is 0.892. The molecule has 0 aliphatic carbocycles. The number of para-hydroxylation sites is 2. The second kappa shape index (κ2) is 5.47. The molecule has 0 N–H and O–H groups in total. The standard InChI is InChI=1S/C21H20N2/c1-16-7-3-4-8-19(16)17-11-13-18(14-12-17)23-15-22(2)20-9-5-6-10-21(20)23/h3-14H,15H2,1-2H3. The predicted molar refractivity (Wildman–Crippen MR) is 98.5 cm³/mol.